The number of benzene rings is 1. The quantitative estimate of drug-likeness (QED) is 0.812. The second-order valence-corrected chi connectivity index (χ2v) is 4.40. The van der Waals surface area contributed by atoms with Gasteiger partial charge in [0, 0.05) is 13.1 Å². The Kier molecular flexibility index (Phi) is 4.39. The highest BCUT2D eigenvalue weighted by Crippen LogP contribution is 2.19. The number of hydrogen-bond donors (Lipinski definition) is 2. The number of para-hydroxylation sites is 2. The lowest BCUT2D eigenvalue weighted by molar-refractivity contribution is 0.251. The van der Waals surface area contributed by atoms with E-state index in [-0.39, 0.29) is 6.03 Å². The van der Waals surface area contributed by atoms with Crippen LogP contribution in [0.2, 0.25) is 0 Å². The number of imidazole rings is 1. The fraction of sp³-hybridized carbons (Fsp3) is 0.429. The van der Waals surface area contributed by atoms with Crippen molar-refractivity contribution in [1.29, 1.82) is 0 Å². The fourth-order valence-corrected chi connectivity index (χ4v) is 2.02. The molecule has 102 valence electrons. The number of carbonyl (C=O) groups excluding carboxylic acids is 1. The normalized spacial score (nSPS) is 10.6. The van der Waals surface area contributed by atoms with Crippen molar-refractivity contribution in [3.05, 3.63) is 24.3 Å². The molecule has 2 N–H and O–H groups in total. The van der Waals surface area contributed by atoms with Gasteiger partial charge in [0.2, 0.25) is 5.95 Å². The highest BCUT2D eigenvalue weighted by atomic mass is 16.2. The Hall–Kier alpha value is -2.04. The lowest BCUT2D eigenvalue weighted by Crippen LogP contribution is -2.30. The lowest BCUT2D eigenvalue weighted by Gasteiger charge is -2.08. The van der Waals surface area contributed by atoms with Gasteiger partial charge in [0.25, 0.3) is 0 Å². The van der Waals surface area contributed by atoms with Crippen molar-refractivity contribution in [1.82, 2.24) is 14.9 Å². The zero-order valence-corrected chi connectivity index (χ0v) is 11.4. The summed E-state index contributed by atoms with van der Waals surface area (Å²) in [6.07, 6.45) is 2.05. The number of fused-ring (bicyclic) bond motifs is 1. The summed E-state index contributed by atoms with van der Waals surface area (Å²) >= 11 is 0. The first-order valence-electron chi connectivity index (χ1n) is 6.76. The maximum atomic E-state index is 11.8. The summed E-state index contributed by atoms with van der Waals surface area (Å²) in [4.78, 5) is 16.2. The predicted octanol–water partition coefficient (Wildman–Crippen LogP) is 2.98. The molecule has 0 aliphatic carbocycles. The van der Waals surface area contributed by atoms with E-state index in [4.69, 9.17) is 0 Å². The number of nitrogens with one attached hydrogen (secondary N) is 2. The second-order valence-electron chi connectivity index (χ2n) is 4.40. The van der Waals surface area contributed by atoms with Crippen LogP contribution >= 0.6 is 0 Å². The Morgan fingerprint density at radius 2 is 2.11 bits per heavy atom. The molecule has 1 aromatic carbocycles. The highest BCUT2D eigenvalue weighted by Gasteiger charge is 2.11. The SMILES string of the molecule is CCCCNC(=O)Nc1nc2ccccc2n1CC. The molecule has 1 heterocycles. The van der Waals surface area contributed by atoms with Gasteiger partial charge in [-0.05, 0) is 25.5 Å². The minimum Gasteiger partial charge on any atom is -0.338 e. The van der Waals surface area contributed by atoms with Crippen LogP contribution in [0.4, 0.5) is 10.7 Å². The number of amides is 2. The van der Waals surface area contributed by atoms with Gasteiger partial charge >= 0.3 is 6.03 Å². The molecule has 2 rings (SSSR count). The summed E-state index contributed by atoms with van der Waals surface area (Å²) in [5.74, 6) is 0.595. The Labute approximate surface area is 113 Å². The molecule has 0 aliphatic heterocycles. The van der Waals surface area contributed by atoms with Gasteiger partial charge in [-0.15, -0.1) is 0 Å². The van der Waals surface area contributed by atoms with Gasteiger partial charge in [-0.2, -0.15) is 0 Å². The van der Waals surface area contributed by atoms with Gasteiger partial charge in [-0.1, -0.05) is 25.5 Å². The average molecular weight is 260 g/mol. The Balaban J connectivity index is 2.13. The number of aryl methyl sites for hydroxylation is 1. The molecular weight excluding hydrogens is 240 g/mol. The second kappa shape index (κ2) is 6.22. The molecule has 0 spiro atoms. The number of hydrogen-bond acceptors (Lipinski definition) is 2. The zero-order chi connectivity index (χ0) is 13.7. The number of carbonyl (C=O) groups is 1. The van der Waals surface area contributed by atoms with Crippen molar-refractivity contribution < 1.29 is 4.79 Å². The first-order chi connectivity index (χ1) is 9.26. The Morgan fingerprint density at radius 1 is 1.32 bits per heavy atom. The van der Waals surface area contributed by atoms with Gasteiger partial charge in [0.05, 0.1) is 11.0 Å². The molecule has 0 saturated carbocycles. The van der Waals surface area contributed by atoms with Gasteiger partial charge in [0.1, 0.15) is 0 Å². The minimum absolute atomic E-state index is 0.196. The van der Waals surface area contributed by atoms with Crippen molar-refractivity contribution in [2.75, 3.05) is 11.9 Å². The van der Waals surface area contributed by atoms with E-state index >= 15 is 0 Å². The van der Waals surface area contributed by atoms with E-state index in [2.05, 4.69) is 22.5 Å². The van der Waals surface area contributed by atoms with Crippen LogP contribution in [0.1, 0.15) is 26.7 Å². The molecule has 0 unspecified atom stereocenters. The van der Waals surface area contributed by atoms with Crippen LogP contribution in [0.25, 0.3) is 11.0 Å². The molecule has 5 nitrogen and oxygen atoms in total. The molecule has 19 heavy (non-hydrogen) atoms. The summed E-state index contributed by atoms with van der Waals surface area (Å²) in [7, 11) is 0. The van der Waals surface area contributed by atoms with Gasteiger partial charge in [0.15, 0.2) is 0 Å². The number of rotatable bonds is 5. The summed E-state index contributed by atoms with van der Waals surface area (Å²) in [6, 6.07) is 7.67. The van der Waals surface area contributed by atoms with E-state index in [0.717, 1.165) is 30.4 Å². The largest absolute Gasteiger partial charge is 0.338 e. The van der Waals surface area contributed by atoms with Crippen LogP contribution in [-0.2, 0) is 6.54 Å². The maximum Gasteiger partial charge on any atom is 0.321 e. The van der Waals surface area contributed by atoms with Crippen molar-refractivity contribution in [3.63, 3.8) is 0 Å². The van der Waals surface area contributed by atoms with E-state index < -0.39 is 0 Å². The van der Waals surface area contributed by atoms with Crippen LogP contribution in [0.5, 0.6) is 0 Å². The third kappa shape index (κ3) is 3.05. The van der Waals surface area contributed by atoms with E-state index in [0.29, 0.717) is 12.5 Å². The number of unbranched alkanes of at least 4 members (excludes halogenated alkanes) is 1. The maximum absolute atomic E-state index is 11.8. The fourth-order valence-electron chi connectivity index (χ4n) is 2.02. The number of anilines is 1. The monoisotopic (exact) mass is 260 g/mol. The van der Waals surface area contributed by atoms with E-state index in [1.165, 1.54) is 0 Å². The number of urea groups is 1. The summed E-state index contributed by atoms with van der Waals surface area (Å²) in [5.41, 5.74) is 1.93. The summed E-state index contributed by atoms with van der Waals surface area (Å²) in [5, 5.41) is 5.64. The summed E-state index contributed by atoms with van der Waals surface area (Å²) < 4.78 is 1.99. The molecule has 0 saturated heterocycles. The van der Waals surface area contributed by atoms with Crippen molar-refractivity contribution in [3.8, 4) is 0 Å². The van der Waals surface area contributed by atoms with Crippen LogP contribution in [0, 0.1) is 0 Å². The topological polar surface area (TPSA) is 59.0 Å². The lowest BCUT2D eigenvalue weighted by atomic mass is 10.3. The smallest absolute Gasteiger partial charge is 0.321 e. The average Bonchev–Trinajstić information content (AvgIpc) is 2.76. The van der Waals surface area contributed by atoms with E-state index in [1.54, 1.807) is 0 Å². The van der Waals surface area contributed by atoms with Crippen molar-refractivity contribution in [2.45, 2.75) is 33.2 Å². The van der Waals surface area contributed by atoms with E-state index in [1.807, 2.05) is 35.8 Å². The molecule has 0 fully saturated rings. The first kappa shape index (κ1) is 13.4. The van der Waals surface area contributed by atoms with Crippen LogP contribution in [0.15, 0.2) is 24.3 Å². The third-order valence-electron chi connectivity index (χ3n) is 3.01. The molecule has 2 aromatic rings. The summed E-state index contributed by atoms with van der Waals surface area (Å²) in [6.45, 7) is 5.59. The Morgan fingerprint density at radius 3 is 2.84 bits per heavy atom. The molecule has 5 heteroatoms. The molecule has 1 aromatic heterocycles. The van der Waals surface area contributed by atoms with Crippen molar-refractivity contribution >= 4 is 23.0 Å². The zero-order valence-electron chi connectivity index (χ0n) is 11.4. The molecule has 0 radical (unpaired) electrons. The molecule has 0 atom stereocenters. The standard InChI is InChI=1S/C14H20N4O/c1-3-5-10-15-14(19)17-13-16-11-8-6-7-9-12(11)18(13)4-2/h6-9H,3-5,10H2,1-2H3,(H2,15,16,17,19). The molecule has 0 bridgehead atoms. The van der Waals surface area contributed by atoms with Crippen LogP contribution in [0.3, 0.4) is 0 Å². The number of aromatic nitrogens is 2. The molecule has 2 amide bonds. The van der Waals surface area contributed by atoms with E-state index in [9.17, 15) is 4.79 Å². The molecule has 0 aliphatic rings. The predicted molar refractivity (Wildman–Crippen MR) is 77.3 cm³/mol. The van der Waals surface area contributed by atoms with Crippen LogP contribution < -0.4 is 10.6 Å². The minimum atomic E-state index is -0.196. The van der Waals surface area contributed by atoms with Crippen molar-refractivity contribution in [2.24, 2.45) is 0 Å². The first-order valence-corrected chi connectivity index (χ1v) is 6.76. The van der Waals surface area contributed by atoms with Crippen LogP contribution in [-0.4, -0.2) is 22.1 Å². The highest BCUT2D eigenvalue weighted by molar-refractivity contribution is 5.90. The number of nitrogens with zero attached hydrogens (tertiary/aromatic N) is 2. The molecular formula is C14H20N4O. The van der Waals surface area contributed by atoms with Gasteiger partial charge < -0.3 is 9.88 Å². The Bertz CT molecular complexity index is 562. The van der Waals surface area contributed by atoms with Gasteiger partial charge in [-0.3, -0.25) is 5.32 Å². The third-order valence-corrected chi connectivity index (χ3v) is 3.01. The van der Waals surface area contributed by atoms with Gasteiger partial charge in [-0.25, -0.2) is 9.78 Å².